The van der Waals surface area contributed by atoms with Gasteiger partial charge < -0.3 is 4.74 Å². The molecule has 11 heavy (non-hydrogen) atoms. The molecule has 1 rings (SSSR count). The fourth-order valence-corrected chi connectivity index (χ4v) is 0.902. The first-order chi connectivity index (χ1) is 5.15. The van der Waals surface area contributed by atoms with E-state index in [0.29, 0.717) is 11.6 Å². The number of hydrogen-bond acceptors (Lipinski definition) is 3. The lowest BCUT2D eigenvalue weighted by molar-refractivity contribution is 0.107. The number of nitrogens with zero attached hydrogens (tertiary/aromatic N) is 2. The third-order valence-corrected chi connectivity index (χ3v) is 1.46. The number of rotatable bonds is 2. The topological polar surface area (TPSA) is 44.1 Å². The maximum Gasteiger partial charge on any atom is 0.270 e. The molecule has 0 aromatic carbocycles. The summed E-state index contributed by atoms with van der Waals surface area (Å²) in [7, 11) is 3.10. The number of hydrogen-bond donors (Lipinski definition) is 0. The Kier molecular flexibility index (Phi) is 2.14. The zero-order valence-electron chi connectivity index (χ0n) is 6.17. The Morgan fingerprint density at radius 3 is 2.73 bits per heavy atom. The fraction of sp³-hybridized carbons (Fsp3) is 0.333. The molecule has 1 heterocycles. The Balaban J connectivity index is 3.07. The summed E-state index contributed by atoms with van der Waals surface area (Å²) in [5.74, 6) is 0.386. The predicted octanol–water partition coefficient (Wildman–Crippen LogP) is 0.808. The SMILES string of the molecule is COc1cc(C(=O)Cl)n(C)n1. The van der Waals surface area contributed by atoms with Crippen LogP contribution in [-0.2, 0) is 7.05 Å². The van der Waals surface area contributed by atoms with Crippen LogP contribution in [0.1, 0.15) is 10.5 Å². The summed E-state index contributed by atoms with van der Waals surface area (Å²) < 4.78 is 6.15. The molecule has 0 fully saturated rings. The zero-order valence-corrected chi connectivity index (χ0v) is 6.92. The van der Waals surface area contributed by atoms with Crippen LogP contribution >= 0.6 is 11.6 Å². The number of ether oxygens (including phenoxy) is 1. The van der Waals surface area contributed by atoms with E-state index in [9.17, 15) is 4.79 Å². The summed E-state index contributed by atoms with van der Waals surface area (Å²) in [6, 6.07) is 1.48. The van der Waals surface area contributed by atoms with Crippen molar-refractivity contribution in [1.82, 2.24) is 9.78 Å². The van der Waals surface area contributed by atoms with E-state index >= 15 is 0 Å². The third kappa shape index (κ3) is 1.51. The molecule has 0 unspecified atom stereocenters. The van der Waals surface area contributed by atoms with Crippen molar-refractivity contribution in [1.29, 1.82) is 0 Å². The van der Waals surface area contributed by atoms with E-state index < -0.39 is 5.24 Å². The molecule has 5 heteroatoms. The van der Waals surface area contributed by atoms with Crippen LogP contribution < -0.4 is 4.74 Å². The molecule has 0 saturated heterocycles. The second kappa shape index (κ2) is 2.92. The molecule has 0 radical (unpaired) electrons. The van der Waals surface area contributed by atoms with Gasteiger partial charge in [0, 0.05) is 13.1 Å². The van der Waals surface area contributed by atoms with Crippen LogP contribution in [0.4, 0.5) is 0 Å². The zero-order chi connectivity index (χ0) is 8.43. The van der Waals surface area contributed by atoms with Crippen molar-refractivity contribution in [2.24, 2.45) is 7.05 Å². The lowest BCUT2D eigenvalue weighted by atomic mass is 10.5. The van der Waals surface area contributed by atoms with Gasteiger partial charge in [-0.25, -0.2) is 0 Å². The van der Waals surface area contributed by atoms with Crippen LogP contribution in [0, 0.1) is 0 Å². The van der Waals surface area contributed by atoms with Crippen molar-refractivity contribution in [3.63, 3.8) is 0 Å². The summed E-state index contributed by atoms with van der Waals surface area (Å²) in [6.07, 6.45) is 0. The average Bonchev–Trinajstić information content (AvgIpc) is 2.30. The second-order valence-electron chi connectivity index (χ2n) is 1.97. The van der Waals surface area contributed by atoms with Crippen molar-refractivity contribution in [3.8, 4) is 5.88 Å². The highest BCUT2D eigenvalue weighted by atomic mass is 35.5. The van der Waals surface area contributed by atoms with Crippen molar-refractivity contribution in [2.45, 2.75) is 0 Å². The lowest BCUT2D eigenvalue weighted by Crippen LogP contribution is -2.00. The predicted molar refractivity (Wildman–Crippen MR) is 39.9 cm³/mol. The van der Waals surface area contributed by atoms with Crippen molar-refractivity contribution in [3.05, 3.63) is 11.8 Å². The average molecular weight is 175 g/mol. The van der Waals surface area contributed by atoms with E-state index in [1.807, 2.05) is 0 Å². The van der Waals surface area contributed by atoms with E-state index in [2.05, 4.69) is 5.10 Å². The Morgan fingerprint density at radius 2 is 2.45 bits per heavy atom. The highest BCUT2D eigenvalue weighted by Crippen LogP contribution is 2.11. The second-order valence-corrected chi connectivity index (χ2v) is 2.31. The van der Waals surface area contributed by atoms with Gasteiger partial charge in [0.25, 0.3) is 5.24 Å². The molecule has 1 aromatic rings. The maximum atomic E-state index is 10.6. The van der Waals surface area contributed by atoms with Gasteiger partial charge in [-0.05, 0) is 11.6 Å². The van der Waals surface area contributed by atoms with Gasteiger partial charge >= 0.3 is 0 Å². The normalized spacial score (nSPS) is 9.73. The fourth-order valence-electron chi connectivity index (χ4n) is 0.725. The van der Waals surface area contributed by atoms with Crippen LogP contribution in [0.15, 0.2) is 6.07 Å². The van der Waals surface area contributed by atoms with E-state index in [4.69, 9.17) is 16.3 Å². The smallest absolute Gasteiger partial charge is 0.270 e. The Morgan fingerprint density at radius 1 is 1.82 bits per heavy atom. The van der Waals surface area contributed by atoms with Crippen LogP contribution in [0.2, 0.25) is 0 Å². The van der Waals surface area contributed by atoms with E-state index in [-0.39, 0.29) is 0 Å². The Labute approximate surface area is 68.7 Å². The van der Waals surface area contributed by atoms with Gasteiger partial charge in [0.2, 0.25) is 5.88 Å². The van der Waals surface area contributed by atoms with Gasteiger partial charge in [-0.3, -0.25) is 9.48 Å². The van der Waals surface area contributed by atoms with Gasteiger partial charge in [-0.2, -0.15) is 0 Å². The van der Waals surface area contributed by atoms with Crippen LogP contribution in [0.25, 0.3) is 0 Å². The molecule has 0 aliphatic rings. The molecule has 60 valence electrons. The first-order valence-corrected chi connectivity index (χ1v) is 3.31. The van der Waals surface area contributed by atoms with Gasteiger partial charge in [0.15, 0.2) is 0 Å². The van der Waals surface area contributed by atoms with Crippen molar-refractivity contribution < 1.29 is 9.53 Å². The minimum Gasteiger partial charge on any atom is -0.480 e. The molecule has 0 spiro atoms. The van der Waals surface area contributed by atoms with E-state index in [1.165, 1.54) is 17.9 Å². The summed E-state index contributed by atoms with van der Waals surface area (Å²) >= 11 is 5.22. The summed E-state index contributed by atoms with van der Waals surface area (Å²) in [6.45, 7) is 0. The first kappa shape index (κ1) is 8.07. The molecule has 0 atom stereocenters. The van der Waals surface area contributed by atoms with Gasteiger partial charge in [0.1, 0.15) is 5.69 Å². The highest BCUT2D eigenvalue weighted by Gasteiger charge is 2.09. The molecule has 1 aromatic heterocycles. The summed E-state index contributed by atoms with van der Waals surface area (Å²) in [5.41, 5.74) is 0.323. The third-order valence-electron chi connectivity index (χ3n) is 1.27. The Bertz CT molecular complexity index is 282. The molecule has 0 amide bonds. The van der Waals surface area contributed by atoms with Crippen LogP contribution in [0.5, 0.6) is 5.88 Å². The molecule has 0 aliphatic heterocycles. The molecular weight excluding hydrogens is 168 g/mol. The molecular formula is C6H7ClN2O2. The summed E-state index contributed by atoms with van der Waals surface area (Å²) in [4.78, 5) is 10.6. The molecule has 0 aliphatic carbocycles. The van der Waals surface area contributed by atoms with Crippen LogP contribution in [0.3, 0.4) is 0 Å². The Hall–Kier alpha value is -1.03. The molecule has 4 nitrogen and oxygen atoms in total. The highest BCUT2D eigenvalue weighted by molar-refractivity contribution is 6.67. The van der Waals surface area contributed by atoms with E-state index in [1.54, 1.807) is 7.05 Å². The number of carbonyl (C=O) groups is 1. The van der Waals surface area contributed by atoms with Gasteiger partial charge in [-0.15, -0.1) is 5.10 Å². The van der Waals surface area contributed by atoms with Gasteiger partial charge in [-0.1, -0.05) is 0 Å². The first-order valence-electron chi connectivity index (χ1n) is 2.93. The minimum absolute atomic E-state index is 0.323. The standard InChI is InChI=1S/C6H7ClN2O2/c1-9-4(6(7)10)3-5(8-9)11-2/h3H,1-2H3. The van der Waals surface area contributed by atoms with E-state index in [0.717, 1.165) is 0 Å². The minimum atomic E-state index is -0.539. The summed E-state index contributed by atoms with van der Waals surface area (Å²) in [5, 5.41) is 3.30. The number of methoxy groups -OCH3 is 1. The monoisotopic (exact) mass is 174 g/mol. The maximum absolute atomic E-state index is 10.6. The van der Waals surface area contributed by atoms with Crippen molar-refractivity contribution in [2.75, 3.05) is 7.11 Å². The molecule has 0 N–H and O–H groups in total. The lowest BCUT2D eigenvalue weighted by Gasteiger charge is -1.90. The number of halogens is 1. The number of aromatic nitrogens is 2. The molecule has 0 saturated carbocycles. The number of carbonyl (C=O) groups excluding carboxylic acids is 1. The van der Waals surface area contributed by atoms with Crippen molar-refractivity contribution >= 4 is 16.8 Å². The van der Waals surface area contributed by atoms with Crippen LogP contribution in [-0.4, -0.2) is 22.1 Å². The van der Waals surface area contributed by atoms with Gasteiger partial charge in [0.05, 0.1) is 7.11 Å². The quantitative estimate of drug-likeness (QED) is 0.624. The largest absolute Gasteiger partial charge is 0.480 e. The number of aryl methyl sites for hydroxylation is 1. The molecule has 0 bridgehead atoms.